The van der Waals surface area contributed by atoms with Crippen LogP contribution in [0.2, 0.25) is 0 Å². The Morgan fingerprint density at radius 1 is 1.60 bits per heavy atom. The van der Waals surface area contributed by atoms with Crippen LogP contribution in [0.5, 0.6) is 0 Å². The van der Waals surface area contributed by atoms with E-state index < -0.39 is 0 Å². The van der Waals surface area contributed by atoms with Crippen molar-refractivity contribution in [1.82, 2.24) is 0 Å². The Labute approximate surface area is 105 Å². The summed E-state index contributed by atoms with van der Waals surface area (Å²) in [6.45, 7) is 4.85. The Bertz CT molecular complexity index is 302. The van der Waals surface area contributed by atoms with Crippen molar-refractivity contribution < 1.29 is 0 Å². The molecule has 0 N–H and O–H groups in total. The van der Waals surface area contributed by atoms with Crippen LogP contribution in [0.3, 0.4) is 0 Å². The fourth-order valence-corrected chi connectivity index (χ4v) is 4.84. The molecule has 84 valence electrons. The molecule has 1 fully saturated rings. The molecule has 0 nitrogen and oxygen atoms in total. The van der Waals surface area contributed by atoms with E-state index in [9.17, 15) is 0 Å². The van der Waals surface area contributed by atoms with Crippen molar-refractivity contribution in [2.75, 3.05) is 0 Å². The van der Waals surface area contributed by atoms with Gasteiger partial charge in [0.1, 0.15) is 0 Å². The molecule has 2 heteroatoms. The molecule has 1 aliphatic rings. The molecule has 0 spiro atoms. The summed E-state index contributed by atoms with van der Waals surface area (Å²) in [5, 5.41) is 4.45. The van der Waals surface area contributed by atoms with Crippen LogP contribution >= 0.6 is 27.3 Å². The topological polar surface area (TPSA) is 0 Å². The van der Waals surface area contributed by atoms with E-state index in [1.165, 1.54) is 31.2 Å². The minimum absolute atomic E-state index is 0.532. The van der Waals surface area contributed by atoms with Gasteiger partial charge in [0.05, 0.1) is 0 Å². The van der Waals surface area contributed by atoms with Gasteiger partial charge in [-0.05, 0) is 53.0 Å². The highest BCUT2D eigenvalue weighted by Gasteiger charge is 2.38. The molecule has 1 saturated carbocycles. The van der Waals surface area contributed by atoms with E-state index in [0.29, 0.717) is 10.2 Å². The number of rotatable bonds is 3. The number of halogens is 1. The molecule has 2 atom stereocenters. The predicted molar refractivity (Wildman–Crippen MR) is 71.9 cm³/mol. The van der Waals surface area contributed by atoms with E-state index in [1.54, 1.807) is 11.3 Å². The average Bonchev–Trinajstić information content (AvgIpc) is 2.73. The van der Waals surface area contributed by atoms with Gasteiger partial charge < -0.3 is 0 Å². The lowest BCUT2D eigenvalue weighted by Gasteiger charge is -2.31. The fraction of sp³-hybridized carbons (Fsp3) is 0.692. The average molecular weight is 287 g/mol. The molecule has 1 heterocycles. The second-order valence-corrected chi connectivity index (χ2v) is 7.30. The zero-order valence-electron chi connectivity index (χ0n) is 9.50. The second kappa shape index (κ2) is 4.58. The van der Waals surface area contributed by atoms with E-state index in [4.69, 9.17) is 0 Å². The molecule has 15 heavy (non-hydrogen) atoms. The third-order valence-electron chi connectivity index (χ3n) is 3.79. The number of thiophene rings is 1. The van der Waals surface area contributed by atoms with Crippen molar-refractivity contribution in [3.63, 3.8) is 0 Å². The monoisotopic (exact) mass is 286 g/mol. The van der Waals surface area contributed by atoms with Gasteiger partial charge in [-0.25, -0.2) is 0 Å². The van der Waals surface area contributed by atoms with Gasteiger partial charge in [0.2, 0.25) is 0 Å². The van der Waals surface area contributed by atoms with Gasteiger partial charge in [-0.3, -0.25) is 0 Å². The van der Waals surface area contributed by atoms with E-state index in [-0.39, 0.29) is 0 Å². The number of alkyl halides is 1. The predicted octanol–water partition coefficient (Wildman–Crippen LogP) is 4.88. The molecule has 0 bridgehead atoms. The molecule has 0 amide bonds. The van der Waals surface area contributed by atoms with Gasteiger partial charge >= 0.3 is 0 Å². The van der Waals surface area contributed by atoms with Gasteiger partial charge in [0, 0.05) is 4.83 Å². The number of hydrogen-bond acceptors (Lipinski definition) is 1. The van der Waals surface area contributed by atoms with Crippen LogP contribution in [-0.4, -0.2) is 4.83 Å². The first-order chi connectivity index (χ1) is 7.09. The van der Waals surface area contributed by atoms with Crippen LogP contribution < -0.4 is 0 Å². The Morgan fingerprint density at radius 2 is 2.40 bits per heavy atom. The normalized spacial score (nSPS) is 26.7. The largest absolute Gasteiger partial charge is 0.152 e. The molecule has 1 aromatic heterocycles. The van der Waals surface area contributed by atoms with Gasteiger partial charge in [-0.15, -0.1) is 0 Å². The maximum absolute atomic E-state index is 3.91. The lowest BCUT2D eigenvalue weighted by molar-refractivity contribution is 0.255. The van der Waals surface area contributed by atoms with Gasteiger partial charge in [0.15, 0.2) is 0 Å². The first kappa shape index (κ1) is 11.7. The van der Waals surface area contributed by atoms with Crippen molar-refractivity contribution in [3.05, 3.63) is 22.4 Å². The quantitative estimate of drug-likeness (QED) is 0.695. The Balaban J connectivity index is 1.99. The van der Waals surface area contributed by atoms with E-state index in [2.05, 4.69) is 46.6 Å². The van der Waals surface area contributed by atoms with E-state index in [0.717, 1.165) is 5.92 Å². The molecule has 0 saturated heterocycles. The molecule has 2 unspecified atom stereocenters. The van der Waals surface area contributed by atoms with Crippen LogP contribution in [-0.2, 0) is 6.42 Å². The van der Waals surface area contributed by atoms with Gasteiger partial charge in [0.25, 0.3) is 0 Å². The summed E-state index contributed by atoms with van der Waals surface area (Å²) < 4.78 is 0. The zero-order chi connectivity index (χ0) is 10.9. The molecule has 0 aliphatic heterocycles. The maximum atomic E-state index is 3.91. The van der Waals surface area contributed by atoms with Crippen LogP contribution in [0.25, 0.3) is 0 Å². The molecule has 0 aromatic carbocycles. The highest BCUT2D eigenvalue weighted by molar-refractivity contribution is 9.09. The van der Waals surface area contributed by atoms with Crippen molar-refractivity contribution in [3.8, 4) is 0 Å². The van der Waals surface area contributed by atoms with E-state index in [1.807, 2.05) is 0 Å². The maximum Gasteiger partial charge on any atom is 0.0219 e. The van der Waals surface area contributed by atoms with Gasteiger partial charge in [-0.1, -0.05) is 36.2 Å². The molecule has 2 rings (SSSR count). The van der Waals surface area contributed by atoms with E-state index >= 15 is 0 Å². The Morgan fingerprint density at radius 3 is 2.93 bits per heavy atom. The van der Waals surface area contributed by atoms with Crippen molar-refractivity contribution in [2.45, 2.75) is 44.4 Å². The SMILES string of the molecule is CC1(C)CCCC1C(Br)Cc1ccsc1. The summed E-state index contributed by atoms with van der Waals surface area (Å²) in [7, 11) is 0. The third-order valence-corrected chi connectivity index (χ3v) is 5.48. The summed E-state index contributed by atoms with van der Waals surface area (Å²) in [5.74, 6) is 0.845. The summed E-state index contributed by atoms with van der Waals surface area (Å²) >= 11 is 5.71. The lowest BCUT2D eigenvalue weighted by atomic mass is 9.79. The van der Waals surface area contributed by atoms with Crippen LogP contribution in [0.1, 0.15) is 38.7 Å². The summed E-state index contributed by atoms with van der Waals surface area (Å²) in [5.41, 5.74) is 2.02. The highest BCUT2D eigenvalue weighted by atomic mass is 79.9. The molecule has 1 aromatic rings. The fourth-order valence-electron chi connectivity index (χ4n) is 2.80. The minimum Gasteiger partial charge on any atom is -0.152 e. The molecule has 0 radical (unpaired) electrons. The third kappa shape index (κ3) is 2.65. The first-order valence-corrected chi connectivity index (χ1v) is 7.60. The van der Waals surface area contributed by atoms with Crippen LogP contribution in [0.4, 0.5) is 0 Å². The van der Waals surface area contributed by atoms with Crippen LogP contribution in [0.15, 0.2) is 16.8 Å². The highest BCUT2D eigenvalue weighted by Crippen LogP contribution is 2.47. The lowest BCUT2D eigenvalue weighted by Crippen LogP contribution is -2.27. The molecular formula is C13H19BrS. The zero-order valence-corrected chi connectivity index (χ0v) is 11.9. The smallest absolute Gasteiger partial charge is 0.0219 e. The van der Waals surface area contributed by atoms with Gasteiger partial charge in [-0.2, -0.15) is 11.3 Å². The van der Waals surface area contributed by atoms with Crippen molar-refractivity contribution >= 4 is 27.3 Å². The molecular weight excluding hydrogens is 268 g/mol. The second-order valence-electron chi connectivity index (χ2n) is 5.34. The standard InChI is InChI=1S/C13H19BrS/c1-13(2)6-3-4-11(13)12(14)8-10-5-7-15-9-10/h5,7,9,11-12H,3-4,6,8H2,1-2H3. The summed E-state index contributed by atoms with van der Waals surface area (Å²) in [4.78, 5) is 0.657. The summed E-state index contributed by atoms with van der Waals surface area (Å²) in [6, 6.07) is 2.25. The van der Waals surface area contributed by atoms with Crippen molar-refractivity contribution in [2.24, 2.45) is 11.3 Å². The Hall–Kier alpha value is 0.180. The first-order valence-electron chi connectivity index (χ1n) is 5.75. The molecule has 1 aliphatic carbocycles. The minimum atomic E-state index is 0.532. The summed E-state index contributed by atoms with van der Waals surface area (Å²) in [6.07, 6.45) is 5.39. The Kier molecular flexibility index (Phi) is 3.56. The van der Waals surface area contributed by atoms with Crippen molar-refractivity contribution in [1.29, 1.82) is 0 Å². The number of hydrogen-bond donors (Lipinski definition) is 0. The van der Waals surface area contributed by atoms with Crippen LogP contribution in [0, 0.1) is 11.3 Å².